The van der Waals surface area contributed by atoms with Gasteiger partial charge in [0.1, 0.15) is 5.69 Å². The molecule has 0 saturated heterocycles. The Hall–Kier alpha value is -3.43. The monoisotopic (exact) mass is 418 g/mol. The second kappa shape index (κ2) is 7.19. The van der Waals surface area contributed by atoms with Gasteiger partial charge in [0.15, 0.2) is 11.5 Å². The van der Waals surface area contributed by atoms with Gasteiger partial charge in [-0.25, -0.2) is 4.98 Å². The highest BCUT2D eigenvalue weighted by atomic mass is 32.1. The fourth-order valence-corrected chi connectivity index (χ4v) is 4.18. The van der Waals surface area contributed by atoms with Crippen LogP contribution in [0.25, 0.3) is 27.6 Å². The van der Waals surface area contributed by atoms with Gasteiger partial charge >= 0.3 is 0 Å². The fraction of sp³-hybridized carbons (Fsp3) is 0.0500. The van der Waals surface area contributed by atoms with Crippen molar-refractivity contribution in [2.24, 2.45) is 0 Å². The van der Waals surface area contributed by atoms with Crippen molar-refractivity contribution >= 4 is 39.9 Å². The van der Waals surface area contributed by atoms with Gasteiger partial charge in [-0.2, -0.15) is 9.61 Å². The molecule has 4 aromatic heterocycles. The molecule has 1 aromatic carbocycles. The first-order valence-electron chi connectivity index (χ1n) is 8.78. The van der Waals surface area contributed by atoms with Crippen molar-refractivity contribution in [3.05, 3.63) is 70.0 Å². The predicted octanol–water partition coefficient (Wildman–Crippen LogP) is 4.54. The van der Waals surface area contributed by atoms with Gasteiger partial charge in [0.25, 0.3) is 5.91 Å². The van der Waals surface area contributed by atoms with Crippen LogP contribution in [0.5, 0.6) is 0 Å². The molecule has 0 radical (unpaired) electrons. The first-order chi connectivity index (χ1) is 14.2. The van der Waals surface area contributed by atoms with Gasteiger partial charge in [-0.05, 0) is 42.6 Å². The summed E-state index contributed by atoms with van der Waals surface area (Å²) in [6, 6.07) is 15.3. The number of nitrogens with zero attached hydrogens (tertiary/aromatic N) is 5. The van der Waals surface area contributed by atoms with Gasteiger partial charge in [-0.1, -0.05) is 18.2 Å². The number of carbonyl (C=O) groups is 1. The number of aryl methyl sites for hydroxylation is 1. The molecule has 0 aliphatic carbocycles. The van der Waals surface area contributed by atoms with E-state index < -0.39 is 0 Å². The number of nitrogens with one attached hydrogen (secondary N) is 1. The van der Waals surface area contributed by atoms with Gasteiger partial charge in [0.2, 0.25) is 0 Å². The lowest BCUT2D eigenvalue weighted by atomic mass is 10.1. The number of carbonyl (C=O) groups excluding carboxylic acids is 1. The molecule has 0 saturated carbocycles. The summed E-state index contributed by atoms with van der Waals surface area (Å²) >= 11 is 3.05. The second-order valence-corrected chi connectivity index (χ2v) is 8.28. The number of hydrogen-bond donors (Lipinski definition) is 1. The number of anilines is 1. The molecule has 29 heavy (non-hydrogen) atoms. The van der Waals surface area contributed by atoms with Crippen LogP contribution in [0.1, 0.15) is 15.5 Å². The lowest BCUT2D eigenvalue weighted by Crippen LogP contribution is -2.12. The molecule has 5 aromatic rings. The fourth-order valence-electron chi connectivity index (χ4n) is 2.89. The topological polar surface area (TPSA) is 85.1 Å². The Balaban J connectivity index is 1.41. The third-order valence-electron chi connectivity index (χ3n) is 4.29. The van der Waals surface area contributed by atoms with Crippen molar-refractivity contribution in [3.8, 4) is 22.0 Å². The first-order valence-corrected chi connectivity index (χ1v) is 10.5. The molecule has 7 nitrogen and oxygen atoms in total. The van der Waals surface area contributed by atoms with Crippen LogP contribution in [-0.2, 0) is 0 Å². The second-order valence-electron chi connectivity index (χ2n) is 6.27. The summed E-state index contributed by atoms with van der Waals surface area (Å²) in [5.41, 5.74) is 3.55. The van der Waals surface area contributed by atoms with Crippen molar-refractivity contribution in [1.82, 2.24) is 24.8 Å². The van der Waals surface area contributed by atoms with E-state index in [-0.39, 0.29) is 5.91 Å². The van der Waals surface area contributed by atoms with Gasteiger partial charge in [-0.3, -0.25) is 4.79 Å². The molecule has 0 spiro atoms. The van der Waals surface area contributed by atoms with Gasteiger partial charge in [0.05, 0.1) is 15.6 Å². The highest BCUT2D eigenvalue weighted by Crippen LogP contribution is 2.25. The lowest BCUT2D eigenvalue weighted by molar-refractivity contribution is 0.102. The molecule has 1 amide bonds. The minimum Gasteiger partial charge on any atom is -0.321 e. The number of thiazole rings is 1. The minimum atomic E-state index is -0.216. The molecule has 9 heteroatoms. The quantitative estimate of drug-likeness (QED) is 0.463. The zero-order valence-electron chi connectivity index (χ0n) is 15.2. The van der Waals surface area contributed by atoms with Crippen LogP contribution >= 0.6 is 22.7 Å². The molecule has 0 aliphatic rings. The van der Waals surface area contributed by atoms with Crippen molar-refractivity contribution < 1.29 is 4.79 Å². The van der Waals surface area contributed by atoms with Crippen LogP contribution in [0.2, 0.25) is 0 Å². The number of hydrogen-bond acceptors (Lipinski definition) is 7. The minimum absolute atomic E-state index is 0.216. The third kappa shape index (κ3) is 3.41. The highest BCUT2D eigenvalue weighted by Gasteiger charge is 2.12. The molecule has 0 bridgehead atoms. The van der Waals surface area contributed by atoms with E-state index in [0.717, 1.165) is 27.0 Å². The molecular weight excluding hydrogens is 404 g/mol. The summed E-state index contributed by atoms with van der Waals surface area (Å²) in [5.74, 6) is 0.506. The Labute approximate surface area is 173 Å². The SMILES string of the molecule is Cc1nc(C(=O)Nc2ccc(-c3ccc4nnc(-c5cccs5)n4n3)cc2)cs1. The van der Waals surface area contributed by atoms with Gasteiger partial charge in [-0.15, -0.1) is 32.9 Å². The van der Waals surface area contributed by atoms with E-state index in [4.69, 9.17) is 5.10 Å². The van der Waals surface area contributed by atoms with Crippen LogP contribution in [0, 0.1) is 6.92 Å². The van der Waals surface area contributed by atoms with E-state index >= 15 is 0 Å². The predicted molar refractivity (Wildman–Crippen MR) is 114 cm³/mol. The Bertz CT molecular complexity index is 1300. The van der Waals surface area contributed by atoms with E-state index in [9.17, 15) is 4.79 Å². The molecule has 4 heterocycles. The van der Waals surface area contributed by atoms with E-state index in [0.29, 0.717) is 17.0 Å². The van der Waals surface area contributed by atoms with E-state index in [1.165, 1.54) is 11.3 Å². The Morgan fingerprint density at radius 2 is 1.90 bits per heavy atom. The van der Waals surface area contributed by atoms with Crippen LogP contribution in [0.4, 0.5) is 5.69 Å². The van der Waals surface area contributed by atoms with Crippen molar-refractivity contribution in [3.63, 3.8) is 0 Å². The molecule has 0 unspecified atom stereocenters. The third-order valence-corrected chi connectivity index (χ3v) is 5.93. The number of amides is 1. The number of rotatable bonds is 4. The molecule has 0 atom stereocenters. The van der Waals surface area contributed by atoms with Crippen LogP contribution < -0.4 is 5.32 Å². The normalized spacial score (nSPS) is 11.1. The number of fused-ring (bicyclic) bond motifs is 1. The molecule has 142 valence electrons. The molecule has 0 aliphatic heterocycles. The van der Waals surface area contributed by atoms with Crippen LogP contribution in [-0.4, -0.2) is 30.7 Å². The van der Waals surface area contributed by atoms with Crippen LogP contribution in [0.15, 0.2) is 59.3 Å². The lowest BCUT2D eigenvalue weighted by Gasteiger charge is -2.06. The highest BCUT2D eigenvalue weighted by molar-refractivity contribution is 7.13. The average molecular weight is 419 g/mol. The summed E-state index contributed by atoms with van der Waals surface area (Å²) in [6.07, 6.45) is 0. The standard InChI is InChI=1S/C20H14N6OS2/c1-12-21-16(11-29-12)20(27)22-14-6-4-13(5-7-14)15-8-9-18-23-24-19(26(18)25-15)17-3-2-10-28-17/h2-11H,1H3,(H,22,27). The Morgan fingerprint density at radius 3 is 2.62 bits per heavy atom. The maximum absolute atomic E-state index is 12.3. The summed E-state index contributed by atoms with van der Waals surface area (Å²) in [7, 11) is 0. The van der Waals surface area contributed by atoms with E-state index in [1.54, 1.807) is 21.2 Å². The Morgan fingerprint density at radius 1 is 1.03 bits per heavy atom. The molecule has 0 fully saturated rings. The smallest absolute Gasteiger partial charge is 0.275 e. The van der Waals surface area contributed by atoms with E-state index in [1.807, 2.05) is 60.8 Å². The molecular formula is C20H14N6OS2. The largest absolute Gasteiger partial charge is 0.321 e. The van der Waals surface area contributed by atoms with Crippen molar-refractivity contribution in [2.75, 3.05) is 5.32 Å². The zero-order chi connectivity index (χ0) is 19.8. The van der Waals surface area contributed by atoms with E-state index in [2.05, 4.69) is 20.5 Å². The molecule has 5 rings (SSSR count). The van der Waals surface area contributed by atoms with Gasteiger partial charge in [0, 0.05) is 16.6 Å². The summed E-state index contributed by atoms with van der Waals surface area (Å²) in [4.78, 5) is 17.5. The maximum Gasteiger partial charge on any atom is 0.275 e. The summed E-state index contributed by atoms with van der Waals surface area (Å²) in [5, 5.41) is 20.6. The summed E-state index contributed by atoms with van der Waals surface area (Å²) in [6.45, 7) is 1.87. The van der Waals surface area contributed by atoms with Crippen LogP contribution in [0.3, 0.4) is 0 Å². The number of aromatic nitrogens is 5. The first kappa shape index (κ1) is 17.7. The van der Waals surface area contributed by atoms with Crippen molar-refractivity contribution in [2.45, 2.75) is 6.92 Å². The number of thiophene rings is 1. The number of benzene rings is 1. The Kier molecular flexibility index (Phi) is 4.38. The molecule has 1 N–H and O–H groups in total. The zero-order valence-corrected chi connectivity index (χ0v) is 16.9. The maximum atomic E-state index is 12.3. The van der Waals surface area contributed by atoms with Crippen molar-refractivity contribution in [1.29, 1.82) is 0 Å². The average Bonchev–Trinajstić information content (AvgIpc) is 3.48. The van der Waals surface area contributed by atoms with Gasteiger partial charge < -0.3 is 5.32 Å². The summed E-state index contributed by atoms with van der Waals surface area (Å²) < 4.78 is 1.75.